The number of aliphatic hydroxyl groups excluding tert-OH is 1. The number of hydrogen-bond acceptors (Lipinski definition) is 2. The van der Waals surface area contributed by atoms with E-state index in [0.717, 1.165) is 16.5 Å². The molecule has 2 atom stereocenters. The van der Waals surface area contributed by atoms with E-state index in [2.05, 4.69) is 35.6 Å². The Bertz CT molecular complexity index is 785. The van der Waals surface area contributed by atoms with Crippen LogP contribution in [0, 0.1) is 5.82 Å². The van der Waals surface area contributed by atoms with Crippen LogP contribution in [0.1, 0.15) is 23.1 Å². The zero-order valence-corrected chi connectivity index (χ0v) is 13.0. The van der Waals surface area contributed by atoms with Crippen LogP contribution in [0.5, 0.6) is 0 Å². The number of hydrogen-bond donors (Lipinski definition) is 2. The number of aliphatic hydroxyl groups is 1. The molecule has 0 aliphatic rings. The van der Waals surface area contributed by atoms with Gasteiger partial charge in [-0.25, -0.2) is 4.39 Å². The molecule has 2 N–H and O–H groups in total. The maximum atomic E-state index is 13.1. The molecule has 3 aromatic rings. The van der Waals surface area contributed by atoms with Gasteiger partial charge in [0.15, 0.2) is 0 Å². The summed E-state index contributed by atoms with van der Waals surface area (Å²) < 4.78 is 13.1. The normalized spacial score (nSPS) is 13.9. The summed E-state index contributed by atoms with van der Waals surface area (Å²) in [6, 6.07) is 20.5. The molecule has 2 unspecified atom stereocenters. The first-order valence-electron chi connectivity index (χ1n) is 7.76. The molecule has 3 rings (SSSR count). The molecule has 0 fully saturated rings. The van der Waals surface area contributed by atoms with Gasteiger partial charge in [-0.1, -0.05) is 54.6 Å². The van der Waals surface area contributed by atoms with Crippen LogP contribution in [0.4, 0.5) is 4.39 Å². The van der Waals surface area contributed by atoms with Crippen molar-refractivity contribution >= 4 is 10.8 Å². The van der Waals surface area contributed by atoms with E-state index in [1.165, 1.54) is 17.5 Å². The van der Waals surface area contributed by atoms with Crippen LogP contribution in [-0.4, -0.2) is 18.7 Å². The van der Waals surface area contributed by atoms with E-state index in [4.69, 9.17) is 0 Å². The van der Waals surface area contributed by atoms with Gasteiger partial charge in [0.25, 0.3) is 0 Å². The first-order valence-corrected chi connectivity index (χ1v) is 7.76. The molecule has 23 heavy (non-hydrogen) atoms. The molecule has 0 heterocycles. The molecular weight excluding hydrogens is 289 g/mol. The van der Waals surface area contributed by atoms with Crippen molar-refractivity contribution in [2.75, 3.05) is 13.6 Å². The van der Waals surface area contributed by atoms with Crippen molar-refractivity contribution in [1.29, 1.82) is 0 Å². The van der Waals surface area contributed by atoms with Crippen molar-refractivity contribution in [3.05, 3.63) is 83.7 Å². The highest BCUT2D eigenvalue weighted by molar-refractivity contribution is 5.83. The van der Waals surface area contributed by atoms with E-state index >= 15 is 0 Å². The molecule has 0 amide bonds. The molecule has 0 saturated heterocycles. The van der Waals surface area contributed by atoms with Crippen molar-refractivity contribution in [2.24, 2.45) is 0 Å². The quantitative estimate of drug-likeness (QED) is 0.746. The van der Waals surface area contributed by atoms with Gasteiger partial charge in [0.05, 0.1) is 6.10 Å². The van der Waals surface area contributed by atoms with Gasteiger partial charge in [0.1, 0.15) is 5.82 Å². The molecule has 0 aliphatic carbocycles. The highest BCUT2D eigenvalue weighted by atomic mass is 19.1. The average Bonchev–Trinajstić information content (AvgIpc) is 2.59. The molecule has 0 bridgehead atoms. The van der Waals surface area contributed by atoms with Crippen LogP contribution >= 0.6 is 0 Å². The Morgan fingerprint density at radius 1 is 0.913 bits per heavy atom. The lowest BCUT2D eigenvalue weighted by molar-refractivity contribution is 0.144. The van der Waals surface area contributed by atoms with Gasteiger partial charge in [0, 0.05) is 12.5 Å². The summed E-state index contributed by atoms with van der Waals surface area (Å²) in [5, 5.41) is 16.2. The maximum Gasteiger partial charge on any atom is 0.123 e. The number of rotatable bonds is 5. The number of benzene rings is 3. The molecule has 0 aromatic heterocycles. The van der Waals surface area contributed by atoms with Crippen LogP contribution < -0.4 is 5.32 Å². The zero-order chi connectivity index (χ0) is 16.2. The highest BCUT2D eigenvalue weighted by Crippen LogP contribution is 2.32. The number of fused-ring (bicyclic) bond motifs is 1. The van der Waals surface area contributed by atoms with Gasteiger partial charge in [0.2, 0.25) is 0 Å². The summed E-state index contributed by atoms with van der Waals surface area (Å²) >= 11 is 0. The maximum absolute atomic E-state index is 13.1. The summed E-state index contributed by atoms with van der Waals surface area (Å²) in [6.45, 7) is 0.636. The van der Waals surface area contributed by atoms with E-state index in [9.17, 15) is 9.50 Å². The van der Waals surface area contributed by atoms with Crippen LogP contribution in [0.25, 0.3) is 10.8 Å². The van der Waals surface area contributed by atoms with Crippen molar-refractivity contribution in [3.8, 4) is 0 Å². The highest BCUT2D eigenvalue weighted by Gasteiger charge is 2.22. The van der Waals surface area contributed by atoms with Crippen LogP contribution in [0.15, 0.2) is 66.7 Å². The minimum atomic E-state index is -0.691. The Morgan fingerprint density at radius 2 is 1.57 bits per heavy atom. The minimum Gasteiger partial charge on any atom is -0.388 e. The lowest BCUT2D eigenvalue weighted by Crippen LogP contribution is -2.23. The molecule has 2 nitrogen and oxygen atoms in total. The fraction of sp³-hybridized carbons (Fsp3) is 0.200. The van der Waals surface area contributed by atoms with Crippen molar-refractivity contribution < 1.29 is 9.50 Å². The first kappa shape index (κ1) is 15.7. The molecule has 3 heteroatoms. The average molecular weight is 309 g/mol. The van der Waals surface area contributed by atoms with Crippen molar-refractivity contribution in [1.82, 2.24) is 5.32 Å². The van der Waals surface area contributed by atoms with E-state index in [1.807, 2.05) is 19.2 Å². The Hall–Kier alpha value is -2.23. The Kier molecular flexibility index (Phi) is 4.70. The third-order valence-electron chi connectivity index (χ3n) is 4.22. The third-order valence-corrected chi connectivity index (χ3v) is 4.22. The number of halogens is 1. The fourth-order valence-corrected chi connectivity index (χ4v) is 2.96. The summed E-state index contributed by atoms with van der Waals surface area (Å²) in [5.41, 5.74) is 1.79. The lowest BCUT2D eigenvalue weighted by atomic mass is 9.88. The van der Waals surface area contributed by atoms with Gasteiger partial charge in [-0.2, -0.15) is 0 Å². The van der Waals surface area contributed by atoms with Crippen molar-refractivity contribution in [2.45, 2.75) is 12.0 Å². The molecule has 118 valence electrons. The van der Waals surface area contributed by atoms with Crippen LogP contribution in [0.3, 0.4) is 0 Å². The number of nitrogens with one attached hydrogen (secondary N) is 1. The van der Waals surface area contributed by atoms with Gasteiger partial charge in [-0.3, -0.25) is 0 Å². The second-order valence-electron chi connectivity index (χ2n) is 5.77. The van der Waals surface area contributed by atoms with Gasteiger partial charge in [-0.15, -0.1) is 0 Å². The second-order valence-corrected chi connectivity index (χ2v) is 5.77. The van der Waals surface area contributed by atoms with Gasteiger partial charge >= 0.3 is 0 Å². The SMILES string of the molecule is CNCC(c1ccc2ccccc2c1)C(O)c1ccc(F)cc1. The predicted octanol–water partition coefficient (Wildman–Crippen LogP) is 4.02. The zero-order valence-electron chi connectivity index (χ0n) is 13.0. The predicted molar refractivity (Wildman–Crippen MR) is 92.0 cm³/mol. The minimum absolute atomic E-state index is 0.102. The summed E-state index contributed by atoms with van der Waals surface area (Å²) in [7, 11) is 1.87. The van der Waals surface area contributed by atoms with Crippen molar-refractivity contribution in [3.63, 3.8) is 0 Å². The van der Waals surface area contributed by atoms with Crippen LogP contribution in [0.2, 0.25) is 0 Å². The summed E-state index contributed by atoms with van der Waals surface area (Å²) in [4.78, 5) is 0. The standard InChI is InChI=1S/C20H20FNO/c1-22-13-19(20(23)15-8-10-18(21)11-9-15)17-7-6-14-4-2-3-5-16(14)12-17/h2-12,19-20,22-23H,13H2,1H3. The molecular formula is C20H20FNO. The van der Waals surface area contributed by atoms with E-state index < -0.39 is 6.10 Å². The van der Waals surface area contributed by atoms with Gasteiger partial charge < -0.3 is 10.4 Å². The number of likely N-dealkylation sites (N-methyl/N-ethyl adjacent to an activating group) is 1. The fourth-order valence-electron chi connectivity index (χ4n) is 2.96. The summed E-state index contributed by atoms with van der Waals surface area (Å²) in [6.07, 6.45) is -0.691. The topological polar surface area (TPSA) is 32.3 Å². The lowest BCUT2D eigenvalue weighted by Gasteiger charge is -2.24. The molecule has 0 radical (unpaired) electrons. The van der Waals surface area contributed by atoms with E-state index in [-0.39, 0.29) is 11.7 Å². The first-order chi connectivity index (χ1) is 11.2. The Balaban J connectivity index is 1.97. The monoisotopic (exact) mass is 309 g/mol. The molecule has 0 saturated carbocycles. The van der Waals surface area contributed by atoms with Gasteiger partial charge in [-0.05, 0) is 41.1 Å². The molecule has 3 aromatic carbocycles. The summed E-state index contributed by atoms with van der Waals surface area (Å²) in [5.74, 6) is -0.396. The van der Waals surface area contributed by atoms with Crippen LogP contribution in [-0.2, 0) is 0 Å². The molecule has 0 aliphatic heterocycles. The smallest absolute Gasteiger partial charge is 0.123 e. The third kappa shape index (κ3) is 3.41. The largest absolute Gasteiger partial charge is 0.388 e. The van der Waals surface area contributed by atoms with E-state index in [0.29, 0.717) is 6.54 Å². The molecule has 0 spiro atoms. The Morgan fingerprint density at radius 3 is 2.26 bits per heavy atom. The second kappa shape index (κ2) is 6.90. The van der Waals surface area contributed by atoms with E-state index in [1.54, 1.807) is 12.1 Å². The Labute approximate surface area is 135 Å².